The van der Waals surface area contributed by atoms with Crippen molar-refractivity contribution < 1.29 is 28.7 Å². The topological polar surface area (TPSA) is 152 Å². The standard InChI is InChI=1S/C27H37N5O6/c1-4-38-26(35)12-15-32(14-7-13-28)25(34)18-29-24(33)17-20-10-11-22(23(16-20)37-3)31-27(36)30-21-9-6-5-8-19(21)2/h5-6,8-11,16H,4,7,12-15,17-18,28H2,1-3H3,(H,29,33)(H2,30,31,36). The fourth-order valence-corrected chi connectivity index (χ4v) is 3.57. The average Bonchev–Trinajstić information content (AvgIpc) is 2.89. The Labute approximate surface area is 223 Å². The number of rotatable bonds is 14. The number of hydrogen-bond acceptors (Lipinski definition) is 7. The number of carbonyl (C=O) groups is 4. The van der Waals surface area contributed by atoms with Gasteiger partial charge in [0, 0.05) is 18.8 Å². The van der Waals surface area contributed by atoms with Crippen molar-refractivity contribution in [2.75, 3.05) is 50.5 Å². The summed E-state index contributed by atoms with van der Waals surface area (Å²) in [6, 6.07) is 12.0. The zero-order valence-corrected chi connectivity index (χ0v) is 22.2. The molecule has 0 saturated carbocycles. The molecule has 38 heavy (non-hydrogen) atoms. The van der Waals surface area contributed by atoms with Crippen LogP contribution in [0.5, 0.6) is 5.75 Å². The molecule has 0 spiro atoms. The second-order valence-electron chi connectivity index (χ2n) is 8.46. The summed E-state index contributed by atoms with van der Waals surface area (Å²) in [4.78, 5) is 50.7. The Kier molecular flexibility index (Phi) is 12.6. The van der Waals surface area contributed by atoms with E-state index in [4.69, 9.17) is 15.2 Å². The number of benzene rings is 2. The van der Waals surface area contributed by atoms with Gasteiger partial charge in [0.2, 0.25) is 11.8 Å². The number of carbonyl (C=O) groups excluding carboxylic acids is 4. The van der Waals surface area contributed by atoms with E-state index in [1.165, 1.54) is 12.0 Å². The van der Waals surface area contributed by atoms with Crippen molar-refractivity contribution in [2.45, 2.75) is 33.1 Å². The number of anilines is 2. The molecule has 2 rings (SSSR count). The maximum absolute atomic E-state index is 12.6. The first-order chi connectivity index (χ1) is 18.3. The van der Waals surface area contributed by atoms with Gasteiger partial charge in [0.25, 0.3) is 0 Å². The number of ether oxygens (including phenoxy) is 2. The van der Waals surface area contributed by atoms with Crippen molar-refractivity contribution >= 4 is 35.2 Å². The van der Waals surface area contributed by atoms with E-state index >= 15 is 0 Å². The second-order valence-corrected chi connectivity index (χ2v) is 8.46. The minimum absolute atomic E-state index is 0.00491. The molecule has 2 aromatic carbocycles. The highest BCUT2D eigenvalue weighted by molar-refractivity contribution is 6.01. The summed E-state index contributed by atoms with van der Waals surface area (Å²) in [7, 11) is 1.47. The van der Waals surface area contributed by atoms with Crippen LogP contribution in [0, 0.1) is 6.92 Å². The van der Waals surface area contributed by atoms with Gasteiger partial charge in [-0.25, -0.2) is 4.79 Å². The first-order valence-electron chi connectivity index (χ1n) is 12.5. The SMILES string of the molecule is CCOC(=O)CCN(CCCN)C(=O)CNC(=O)Cc1ccc(NC(=O)Nc2ccccc2C)c(OC)c1. The molecule has 0 radical (unpaired) electrons. The monoisotopic (exact) mass is 527 g/mol. The molecule has 0 bridgehead atoms. The van der Waals surface area contributed by atoms with Crippen LogP contribution in [0.25, 0.3) is 0 Å². The molecule has 2 aromatic rings. The second kappa shape index (κ2) is 15.9. The van der Waals surface area contributed by atoms with E-state index in [0.717, 1.165) is 5.56 Å². The molecule has 206 valence electrons. The summed E-state index contributed by atoms with van der Waals surface area (Å²) in [5.41, 5.74) is 8.25. The third-order valence-corrected chi connectivity index (χ3v) is 5.58. The molecular formula is C27H37N5O6. The molecule has 0 aliphatic heterocycles. The van der Waals surface area contributed by atoms with E-state index in [1.807, 2.05) is 25.1 Å². The summed E-state index contributed by atoms with van der Waals surface area (Å²) in [5.74, 6) is -0.671. The number of nitrogens with one attached hydrogen (secondary N) is 3. The van der Waals surface area contributed by atoms with Crippen molar-refractivity contribution in [3.8, 4) is 5.75 Å². The van der Waals surface area contributed by atoms with Crippen molar-refractivity contribution in [3.05, 3.63) is 53.6 Å². The van der Waals surface area contributed by atoms with E-state index in [1.54, 1.807) is 31.2 Å². The van der Waals surface area contributed by atoms with Crippen molar-refractivity contribution in [1.29, 1.82) is 0 Å². The first kappa shape index (κ1) is 30.1. The van der Waals surface area contributed by atoms with Crippen molar-refractivity contribution in [1.82, 2.24) is 10.2 Å². The minimum Gasteiger partial charge on any atom is -0.495 e. The molecule has 0 unspecified atom stereocenters. The Morgan fingerprint density at radius 2 is 1.74 bits per heavy atom. The Morgan fingerprint density at radius 1 is 1.00 bits per heavy atom. The summed E-state index contributed by atoms with van der Waals surface area (Å²) >= 11 is 0. The van der Waals surface area contributed by atoms with Gasteiger partial charge >= 0.3 is 12.0 Å². The van der Waals surface area contributed by atoms with E-state index < -0.39 is 6.03 Å². The predicted molar refractivity (Wildman–Crippen MR) is 145 cm³/mol. The highest BCUT2D eigenvalue weighted by atomic mass is 16.5. The molecule has 11 heteroatoms. The summed E-state index contributed by atoms with van der Waals surface area (Å²) in [5, 5.41) is 8.16. The van der Waals surface area contributed by atoms with Crippen LogP contribution in [0.1, 0.15) is 30.9 Å². The number of urea groups is 1. The summed E-state index contributed by atoms with van der Waals surface area (Å²) in [6.07, 6.45) is 0.651. The number of aryl methyl sites for hydroxylation is 1. The van der Waals surface area contributed by atoms with E-state index in [-0.39, 0.29) is 50.3 Å². The lowest BCUT2D eigenvalue weighted by Gasteiger charge is -2.22. The lowest BCUT2D eigenvalue weighted by atomic mass is 10.1. The van der Waals surface area contributed by atoms with Crippen LogP contribution in [0.3, 0.4) is 0 Å². The Balaban J connectivity index is 1.91. The van der Waals surface area contributed by atoms with Gasteiger partial charge in [0.05, 0.1) is 38.8 Å². The number of amides is 4. The maximum atomic E-state index is 12.6. The zero-order valence-electron chi connectivity index (χ0n) is 22.2. The molecule has 0 saturated heterocycles. The van der Waals surface area contributed by atoms with Gasteiger partial charge in [0.15, 0.2) is 0 Å². The fourth-order valence-electron chi connectivity index (χ4n) is 3.57. The molecule has 0 fully saturated rings. The Morgan fingerprint density at radius 3 is 2.42 bits per heavy atom. The van der Waals surface area contributed by atoms with Gasteiger partial charge in [0.1, 0.15) is 5.75 Å². The zero-order chi connectivity index (χ0) is 27.9. The van der Waals surface area contributed by atoms with Crippen LogP contribution in [0.4, 0.5) is 16.2 Å². The highest BCUT2D eigenvalue weighted by Crippen LogP contribution is 2.26. The normalized spacial score (nSPS) is 10.3. The van der Waals surface area contributed by atoms with E-state index in [2.05, 4.69) is 16.0 Å². The molecule has 0 aromatic heterocycles. The van der Waals surface area contributed by atoms with Gasteiger partial charge in [-0.1, -0.05) is 24.3 Å². The average molecular weight is 528 g/mol. The number of esters is 1. The maximum Gasteiger partial charge on any atom is 0.323 e. The van der Waals surface area contributed by atoms with Crippen LogP contribution < -0.4 is 26.4 Å². The van der Waals surface area contributed by atoms with Gasteiger partial charge in [-0.05, 0) is 56.1 Å². The number of nitrogens with two attached hydrogens (primary N) is 1. The smallest absolute Gasteiger partial charge is 0.323 e. The van der Waals surface area contributed by atoms with Gasteiger partial charge in [-0.3, -0.25) is 14.4 Å². The predicted octanol–water partition coefficient (Wildman–Crippen LogP) is 2.44. The largest absolute Gasteiger partial charge is 0.495 e. The quantitative estimate of drug-likeness (QED) is 0.275. The van der Waals surface area contributed by atoms with Crippen LogP contribution in [0.2, 0.25) is 0 Å². The molecule has 0 aliphatic carbocycles. The third kappa shape index (κ3) is 10.1. The molecule has 0 heterocycles. The lowest BCUT2D eigenvalue weighted by molar-refractivity contribution is -0.144. The minimum atomic E-state index is -0.427. The number of hydrogen-bond donors (Lipinski definition) is 4. The number of methoxy groups -OCH3 is 1. The fraction of sp³-hybridized carbons (Fsp3) is 0.407. The first-order valence-corrected chi connectivity index (χ1v) is 12.5. The Hall–Kier alpha value is -4.12. The lowest BCUT2D eigenvalue weighted by Crippen LogP contribution is -2.42. The molecular weight excluding hydrogens is 490 g/mol. The van der Waals surface area contributed by atoms with Gasteiger partial charge in [-0.15, -0.1) is 0 Å². The molecule has 11 nitrogen and oxygen atoms in total. The van der Waals surface area contributed by atoms with Crippen LogP contribution in [-0.4, -0.2) is 68.6 Å². The third-order valence-electron chi connectivity index (χ3n) is 5.58. The van der Waals surface area contributed by atoms with Crippen LogP contribution in [0.15, 0.2) is 42.5 Å². The molecule has 5 N–H and O–H groups in total. The Bertz CT molecular complexity index is 1110. The number of nitrogens with zero attached hydrogens (tertiary/aromatic N) is 1. The molecule has 0 aliphatic rings. The van der Waals surface area contributed by atoms with Crippen molar-refractivity contribution in [3.63, 3.8) is 0 Å². The summed E-state index contributed by atoms with van der Waals surface area (Å²) < 4.78 is 10.3. The highest BCUT2D eigenvalue weighted by Gasteiger charge is 2.17. The van der Waals surface area contributed by atoms with Crippen LogP contribution in [-0.2, 0) is 25.5 Å². The van der Waals surface area contributed by atoms with Crippen molar-refractivity contribution in [2.24, 2.45) is 5.73 Å². The van der Waals surface area contributed by atoms with E-state index in [9.17, 15) is 19.2 Å². The van der Waals surface area contributed by atoms with Gasteiger partial charge < -0.3 is 36.1 Å². The van der Waals surface area contributed by atoms with Gasteiger partial charge in [-0.2, -0.15) is 0 Å². The van der Waals surface area contributed by atoms with Crippen LogP contribution >= 0.6 is 0 Å². The molecule has 4 amide bonds. The van der Waals surface area contributed by atoms with E-state index in [0.29, 0.717) is 42.2 Å². The number of para-hydroxylation sites is 1. The summed E-state index contributed by atoms with van der Waals surface area (Å²) in [6.45, 7) is 4.65. The molecule has 0 atom stereocenters.